The lowest BCUT2D eigenvalue weighted by atomic mass is 10.0. The molecule has 1 aromatic heterocycles. The van der Waals surface area contributed by atoms with Gasteiger partial charge in [-0.05, 0) is 35.9 Å². The van der Waals surface area contributed by atoms with Gasteiger partial charge in [0.15, 0.2) is 11.5 Å². The van der Waals surface area contributed by atoms with Gasteiger partial charge in [0.1, 0.15) is 11.0 Å². The van der Waals surface area contributed by atoms with Gasteiger partial charge in [-0.2, -0.15) is 0 Å². The van der Waals surface area contributed by atoms with Crippen molar-refractivity contribution in [1.29, 1.82) is 0 Å². The Labute approximate surface area is 214 Å². The molecule has 0 saturated heterocycles. The molecule has 12 heteroatoms. The lowest BCUT2D eigenvalue weighted by Crippen LogP contribution is -2.45. The second-order valence-electron chi connectivity index (χ2n) is 7.99. The van der Waals surface area contributed by atoms with E-state index in [1.165, 1.54) is 35.6 Å². The number of amides is 2. The van der Waals surface area contributed by atoms with Crippen LogP contribution in [-0.2, 0) is 11.2 Å². The highest BCUT2D eigenvalue weighted by Gasteiger charge is 2.24. The monoisotopic (exact) mass is 517 g/mol. The van der Waals surface area contributed by atoms with Crippen molar-refractivity contribution in [3.63, 3.8) is 0 Å². The van der Waals surface area contributed by atoms with Crippen molar-refractivity contribution in [3.8, 4) is 22.1 Å². The zero-order valence-corrected chi connectivity index (χ0v) is 19.9. The van der Waals surface area contributed by atoms with Crippen LogP contribution in [0.4, 0.5) is 10.8 Å². The molecule has 0 bridgehead atoms. The molecule has 0 fully saturated rings. The summed E-state index contributed by atoms with van der Waals surface area (Å²) in [5, 5.41) is 25.4. The summed E-state index contributed by atoms with van der Waals surface area (Å²) in [6.07, 6.45) is 0.221. The van der Waals surface area contributed by atoms with Crippen LogP contribution in [0.1, 0.15) is 15.9 Å². The first-order valence-corrected chi connectivity index (χ1v) is 11.9. The zero-order valence-electron chi connectivity index (χ0n) is 19.1. The van der Waals surface area contributed by atoms with E-state index in [2.05, 4.69) is 20.8 Å². The van der Waals surface area contributed by atoms with Crippen LogP contribution in [0.25, 0.3) is 10.6 Å². The number of rotatable bonds is 8. The first-order chi connectivity index (χ1) is 18.0. The number of nitrogens with zero attached hydrogens (tertiary/aromatic N) is 3. The van der Waals surface area contributed by atoms with Crippen molar-refractivity contribution in [3.05, 3.63) is 94.0 Å². The summed E-state index contributed by atoms with van der Waals surface area (Å²) in [4.78, 5) is 36.4. The van der Waals surface area contributed by atoms with Crippen LogP contribution in [0.3, 0.4) is 0 Å². The number of carbonyl (C=O) groups is 2. The average Bonchev–Trinajstić information content (AvgIpc) is 3.58. The number of anilines is 1. The first kappa shape index (κ1) is 23.9. The van der Waals surface area contributed by atoms with E-state index in [-0.39, 0.29) is 29.6 Å². The highest BCUT2D eigenvalue weighted by atomic mass is 32.1. The van der Waals surface area contributed by atoms with E-state index >= 15 is 0 Å². The van der Waals surface area contributed by atoms with Gasteiger partial charge in [-0.3, -0.25) is 25.0 Å². The van der Waals surface area contributed by atoms with Crippen LogP contribution in [0, 0.1) is 10.1 Å². The number of ether oxygens (including phenoxy) is 2. The summed E-state index contributed by atoms with van der Waals surface area (Å²) < 4.78 is 10.7. The molecule has 2 amide bonds. The molecular formula is C25H19N5O6S. The van der Waals surface area contributed by atoms with Crippen molar-refractivity contribution in [2.24, 2.45) is 0 Å². The lowest BCUT2D eigenvalue weighted by molar-refractivity contribution is -0.384. The summed E-state index contributed by atoms with van der Waals surface area (Å²) in [7, 11) is 0. The van der Waals surface area contributed by atoms with Crippen LogP contribution in [0.5, 0.6) is 11.5 Å². The van der Waals surface area contributed by atoms with Gasteiger partial charge in [0.25, 0.3) is 11.6 Å². The molecule has 4 aromatic rings. The van der Waals surface area contributed by atoms with E-state index in [4.69, 9.17) is 9.47 Å². The summed E-state index contributed by atoms with van der Waals surface area (Å²) in [6.45, 7) is 0.157. The second-order valence-corrected chi connectivity index (χ2v) is 8.97. The fourth-order valence-corrected chi connectivity index (χ4v) is 4.39. The van der Waals surface area contributed by atoms with E-state index in [0.29, 0.717) is 16.5 Å². The standard InChI is InChI=1S/C25H19N5O6S/c31-22(16-6-9-18(10-7-16)30(33)34)26-19(12-15-4-2-1-3-5-15)23(32)27-25-29-28-24(37-25)17-8-11-20-21(13-17)36-14-35-20/h1-11,13,19H,12,14H2,(H,26,31)(H,27,29,32). The summed E-state index contributed by atoms with van der Waals surface area (Å²) in [5.41, 5.74) is 1.65. The van der Waals surface area contributed by atoms with Crippen molar-refractivity contribution in [1.82, 2.24) is 15.5 Å². The SMILES string of the molecule is O=C(NC(Cc1ccccc1)C(=O)Nc1nnc(-c2ccc3c(c2)OCO3)s1)c1ccc([N+](=O)[O-])cc1. The van der Waals surface area contributed by atoms with Crippen LogP contribution in [-0.4, -0.2) is 39.8 Å². The third-order valence-electron chi connectivity index (χ3n) is 5.52. The molecule has 2 N–H and O–H groups in total. The van der Waals surface area contributed by atoms with Gasteiger partial charge in [0, 0.05) is 29.7 Å². The van der Waals surface area contributed by atoms with Gasteiger partial charge < -0.3 is 14.8 Å². The minimum absolute atomic E-state index is 0.135. The van der Waals surface area contributed by atoms with Gasteiger partial charge in [0.05, 0.1) is 4.92 Å². The molecule has 1 aliphatic rings. The Morgan fingerprint density at radius 3 is 2.51 bits per heavy atom. The second kappa shape index (κ2) is 10.4. The van der Waals surface area contributed by atoms with Gasteiger partial charge in [-0.25, -0.2) is 0 Å². The molecule has 1 atom stereocenters. The zero-order chi connectivity index (χ0) is 25.8. The topological polar surface area (TPSA) is 146 Å². The molecule has 0 saturated carbocycles. The average molecular weight is 518 g/mol. The Balaban J connectivity index is 1.32. The van der Waals surface area contributed by atoms with Crippen LogP contribution in [0.2, 0.25) is 0 Å². The number of carbonyl (C=O) groups excluding carboxylic acids is 2. The fourth-order valence-electron chi connectivity index (χ4n) is 3.65. The Hall–Kier alpha value is -4.84. The molecule has 2 heterocycles. The highest BCUT2D eigenvalue weighted by molar-refractivity contribution is 7.18. The van der Waals surface area contributed by atoms with Crippen molar-refractivity contribution in [2.45, 2.75) is 12.5 Å². The molecule has 0 spiro atoms. The molecule has 186 valence electrons. The third-order valence-corrected chi connectivity index (χ3v) is 6.41. The minimum atomic E-state index is -0.942. The number of aromatic nitrogens is 2. The van der Waals surface area contributed by atoms with Crippen LogP contribution in [0.15, 0.2) is 72.8 Å². The molecule has 1 unspecified atom stereocenters. The Bertz CT molecular complexity index is 1460. The van der Waals surface area contributed by atoms with Crippen molar-refractivity contribution < 1.29 is 24.0 Å². The molecule has 37 heavy (non-hydrogen) atoms. The molecule has 5 rings (SSSR count). The predicted molar refractivity (Wildman–Crippen MR) is 135 cm³/mol. The van der Waals surface area contributed by atoms with Crippen LogP contribution < -0.4 is 20.1 Å². The smallest absolute Gasteiger partial charge is 0.269 e. The number of hydrogen-bond acceptors (Lipinski definition) is 9. The Kier molecular flexibility index (Phi) is 6.72. The Morgan fingerprint density at radius 1 is 1.00 bits per heavy atom. The van der Waals surface area contributed by atoms with E-state index in [0.717, 1.165) is 11.1 Å². The van der Waals surface area contributed by atoms with Gasteiger partial charge >= 0.3 is 0 Å². The maximum Gasteiger partial charge on any atom is 0.269 e. The minimum Gasteiger partial charge on any atom is -0.454 e. The van der Waals surface area contributed by atoms with E-state index < -0.39 is 22.8 Å². The molecule has 1 aliphatic heterocycles. The fraction of sp³-hybridized carbons (Fsp3) is 0.120. The molecule has 3 aromatic carbocycles. The summed E-state index contributed by atoms with van der Waals surface area (Å²) in [5.74, 6) is 0.237. The van der Waals surface area contributed by atoms with Gasteiger partial charge in [-0.1, -0.05) is 41.7 Å². The maximum atomic E-state index is 13.2. The third kappa shape index (κ3) is 5.54. The van der Waals surface area contributed by atoms with Gasteiger partial charge in [-0.15, -0.1) is 10.2 Å². The quantitative estimate of drug-likeness (QED) is 0.265. The molecule has 0 aliphatic carbocycles. The number of benzene rings is 3. The molecular weight excluding hydrogens is 498 g/mol. The number of nitro groups is 1. The predicted octanol–water partition coefficient (Wildman–Crippen LogP) is 3.82. The number of hydrogen-bond donors (Lipinski definition) is 2. The highest BCUT2D eigenvalue weighted by Crippen LogP contribution is 2.37. The molecule has 0 radical (unpaired) electrons. The Morgan fingerprint density at radius 2 is 1.76 bits per heavy atom. The van der Waals surface area contributed by atoms with Gasteiger partial charge in [0.2, 0.25) is 17.8 Å². The van der Waals surface area contributed by atoms with E-state index in [1.54, 1.807) is 12.1 Å². The van der Waals surface area contributed by atoms with Crippen molar-refractivity contribution >= 4 is 34.0 Å². The van der Waals surface area contributed by atoms with Crippen molar-refractivity contribution in [2.75, 3.05) is 12.1 Å². The molecule has 11 nitrogen and oxygen atoms in total. The lowest BCUT2D eigenvalue weighted by Gasteiger charge is -2.18. The first-order valence-electron chi connectivity index (χ1n) is 11.1. The maximum absolute atomic E-state index is 13.2. The van der Waals surface area contributed by atoms with E-state index in [1.807, 2.05) is 36.4 Å². The largest absolute Gasteiger partial charge is 0.454 e. The number of nitrogens with one attached hydrogen (secondary N) is 2. The van der Waals surface area contributed by atoms with Crippen LogP contribution >= 0.6 is 11.3 Å². The number of fused-ring (bicyclic) bond motifs is 1. The number of non-ortho nitro benzene ring substituents is 1. The van der Waals surface area contributed by atoms with E-state index in [9.17, 15) is 19.7 Å². The summed E-state index contributed by atoms with van der Waals surface area (Å²) in [6, 6.07) is 18.8. The summed E-state index contributed by atoms with van der Waals surface area (Å²) >= 11 is 1.18. The number of nitro benzene ring substituents is 1. The normalized spacial score (nSPS) is 12.5.